The lowest BCUT2D eigenvalue weighted by Gasteiger charge is -2.25. The molecule has 0 spiro atoms. The van der Waals surface area contributed by atoms with Crippen molar-refractivity contribution < 1.29 is 9.53 Å². The van der Waals surface area contributed by atoms with Crippen molar-refractivity contribution in [3.63, 3.8) is 0 Å². The molecule has 1 saturated heterocycles. The summed E-state index contributed by atoms with van der Waals surface area (Å²) >= 11 is 0. The molecule has 2 atom stereocenters. The molecule has 2 aromatic rings. The zero-order valence-electron chi connectivity index (χ0n) is 14.4. The van der Waals surface area contributed by atoms with Gasteiger partial charge >= 0.3 is 0 Å². The van der Waals surface area contributed by atoms with Gasteiger partial charge in [-0.05, 0) is 6.92 Å². The second-order valence-electron chi connectivity index (χ2n) is 6.03. The van der Waals surface area contributed by atoms with Crippen LogP contribution in [0.1, 0.15) is 23.7 Å². The van der Waals surface area contributed by atoms with E-state index in [2.05, 4.69) is 20.4 Å². The fraction of sp³-hybridized carbons (Fsp3) is 0.500. The number of aryl methyl sites for hydroxylation is 1. The van der Waals surface area contributed by atoms with Crippen molar-refractivity contribution in [1.29, 1.82) is 0 Å². The second-order valence-corrected chi connectivity index (χ2v) is 6.03. The molecule has 0 unspecified atom stereocenters. The van der Waals surface area contributed by atoms with Crippen molar-refractivity contribution in [2.75, 3.05) is 26.0 Å². The molecule has 0 bridgehead atoms. The molecule has 1 aliphatic rings. The molecular weight excluding hydrogens is 308 g/mol. The maximum absolute atomic E-state index is 12.2. The average molecular weight is 330 g/mol. The number of ether oxygens (including phenoxy) is 1. The van der Waals surface area contributed by atoms with Crippen LogP contribution < -0.4 is 10.1 Å². The Labute approximate surface area is 140 Å². The normalized spacial score (nSPS) is 20.5. The Bertz CT molecular complexity index is 744. The zero-order valence-corrected chi connectivity index (χ0v) is 14.4. The molecule has 3 heterocycles. The summed E-state index contributed by atoms with van der Waals surface area (Å²) in [5.41, 5.74) is 2.16. The number of nitrogens with one attached hydrogen (secondary N) is 1. The van der Waals surface area contributed by atoms with Crippen molar-refractivity contribution in [2.45, 2.75) is 19.4 Å². The molecular formula is C16H22N6O2. The van der Waals surface area contributed by atoms with Crippen molar-refractivity contribution >= 4 is 11.9 Å². The van der Waals surface area contributed by atoms with E-state index < -0.39 is 0 Å². The van der Waals surface area contributed by atoms with E-state index in [-0.39, 0.29) is 17.9 Å². The van der Waals surface area contributed by atoms with Gasteiger partial charge in [-0.1, -0.05) is 0 Å². The quantitative estimate of drug-likeness (QED) is 0.885. The minimum absolute atomic E-state index is 0.00399. The highest BCUT2D eigenvalue weighted by molar-refractivity contribution is 5.79. The molecule has 0 radical (unpaired) electrons. The number of likely N-dealkylation sites (tertiary alicyclic amines) is 1. The van der Waals surface area contributed by atoms with Gasteiger partial charge in [-0.25, -0.2) is 4.98 Å². The average Bonchev–Trinajstić information content (AvgIpc) is 3.06. The first-order valence-corrected chi connectivity index (χ1v) is 7.86. The number of nitrogens with zero attached hydrogens (tertiary/aromatic N) is 5. The number of hydrogen-bond acceptors (Lipinski definition) is 6. The highest BCUT2D eigenvalue weighted by Crippen LogP contribution is 2.38. The Morgan fingerprint density at radius 2 is 2.21 bits per heavy atom. The molecule has 3 rings (SSSR count). The number of hydrogen-bond donors (Lipinski definition) is 1. The summed E-state index contributed by atoms with van der Waals surface area (Å²) in [7, 11) is 5.33. The first kappa shape index (κ1) is 16.2. The van der Waals surface area contributed by atoms with Gasteiger partial charge in [0.15, 0.2) is 0 Å². The van der Waals surface area contributed by atoms with Crippen LogP contribution in [-0.4, -0.2) is 51.3 Å². The molecule has 0 aromatic carbocycles. The van der Waals surface area contributed by atoms with E-state index in [1.807, 2.05) is 36.8 Å². The highest BCUT2D eigenvalue weighted by Gasteiger charge is 2.39. The molecule has 2 aromatic heterocycles. The predicted molar refractivity (Wildman–Crippen MR) is 88.6 cm³/mol. The number of methoxy groups -OCH3 is 1. The third kappa shape index (κ3) is 2.91. The number of carbonyl (C=O) groups excluding carboxylic acids is 1. The molecule has 0 saturated carbocycles. The van der Waals surface area contributed by atoms with Gasteiger partial charge in [-0.15, -0.1) is 0 Å². The fourth-order valence-electron chi connectivity index (χ4n) is 3.17. The third-order valence-electron chi connectivity index (χ3n) is 4.65. The maximum Gasteiger partial charge on any atom is 0.225 e. The standard InChI is InChI=1S/C16H22N6O2/c1-10-12(9-19-22(10)3)15-11(7-14(23)21(15)2)8-18-16-17-6-5-13(20-16)24-4/h5-6,9,11,15H,7-8H2,1-4H3,(H,17,18,20)/t11-,15+/m0/s1. The van der Waals surface area contributed by atoms with Crippen LogP contribution in [-0.2, 0) is 11.8 Å². The van der Waals surface area contributed by atoms with Gasteiger partial charge in [0.05, 0.1) is 19.3 Å². The lowest BCUT2D eigenvalue weighted by atomic mass is 9.94. The molecule has 1 amide bonds. The summed E-state index contributed by atoms with van der Waals surface area (Å²) in [5.74, 6) is 1.27. The van der Waals surface area contributed by atoms with Crippen LogP contribution in [0.2, 0.25) is 0 Å². The lowest BCUT2D eigenvalue weighted by Crippen LogP contribution is -2.27. The lowest BCUT2D eigenvalue weighted by molar-refractivity contribution is -0.127. The van der Waals surface area contributed by atoms with Gasteiger partial charge < -0.3 is 15.0 Å². The van der Waals surface area contributed by atoms with E-state index in [4.69, 9.17) is 4.74 Å². The van der Waals surface area contributed by atoms with E-state index in [9.17, 15) is 4.79 Å². The van der Waals surface area contributed by atoms with Gasteiger partial charge in [0.1, 0.15) is 0 Å². The number of anilines is 1. The van der Waals surface area contributed by atoms with Crippen molar-refractivity contribution in [2.24, 2.45) is 13.0 Å². The minimum atomic E-state index is 0.00399. The third-order valence-corrected chi connectivity index (χ3v) is 4.65. The first-order valence-electron chi connectivity index (χ1n) is 7.86. The van der Waals surface area contributed by atoms with E-state index in [0.717, 1.165) is 11.3 Å². The SMILES string of the molecule is COc1ccnc(NC[C@@H]2CC(=O)N(C)[C@H]2c2cnn(C)c2C)n1. The van der Waals surface area contributed by atoms with Crippen LogP contribution in [0.25, 0.3) is 0 Å². The monoisotopic (exact) mass is 330 g/mol. The Morgan fingerprint density at radius 1 is 1.42 bits per heavy atom. The summed E-state index contributed by atoms with van der Waals surface area (Å²) in [6.45, 7) is 2.62. The van der Waals surface area contributed by atoms with Crippen molar-refractivity contribution in [1.82, 2.24) is 24.6 Å². The zero-order chi connectivity index (χ0) is 17.3. The van der Waals surface area contributed by atoms with Gasteiger partial charge in [0.2, 0.25) is 17.7 Å². The van der Waals surface area contributed by atoms with Gasteiger partial charge in [-0.3, -0.25) is 9.48 Å². The maximum atomic E-state index is 12.2. The fourth-order valence-corrected chi connectivity index (χ4v) is 3.17. The van der Waals surface area contributed by atoms with Crippen molar-refractivity contribution in [3.05, 3.63) is 29.7 Å². The highest BCUT2D eigenvalue weighted by atomic mass is 16.5. The largest absolute Gasteiger partial charge is 0.481 e. The topological polar surface area (TPSA) is 85.2 Å². The van der Waals surface area contributed by atoms with Gasteiger partial charge in [0.25, 0.3) is 0 Å². The molecule has 8 nitrogen and oxygen atoms in total. The summed E-state index contributed by atoms with van der Waals surface area (Å²) in [6.07, 6.45) is 3.99. The molecule has 1 aliphatic heterocycles. The minimum Gasteiger partial charge on any atom is -0.481 e. The Balaban J connectivity index is 1.78. The van der Waals surface area contributed by atoms with Crippen LogP contribution in [0, 0.1) is 12.8 Å². The van der Waals surface area contributed by atoms with Crippen molar-refractivity contribution in [3.8, 4) is 5.88 Å². The van der Waals surface area contributed by atoms with E-state index in [1.54, 1.807) is 19.4 Å². The second kappa shape index (κ2) is 6.46. The molecule has 24 heavy (non-hydrogen) atoms. The molecule has 128 valence electrons. The van der Waals surface area contributed by atoms with Crippen LogP contribution >= 0.6 is 0 Å². The molecule has 0 aliphatic carbocycles. The van der Waals surface area contributed by atoms with Crippen LogP contribution in [0.4, 0.5) is 5.95 Å². The Morgan fingerprint density at radius 3 is 2.88 bits per heavy atom. The Hall–Kier alpha value is -2.64. The van der Waals surface area contributed by atoms with Crippen LogP contribution in [0.5, 0.6) is 5.88 Å². The smallest absolute Gasteiger partial charge is 0.225 e. The summed E-state index contributed by atoms with van der Waals surface area (Å²) < 4.78 is 6.94. The van der Waals surface area contributed by atoms with Crippen LogP contribution in [0.15, 0.2) is 18.5 Å². The number of aromatic nitrogens is 4. The van der Waals surface area contributed by atoms with Gasteiger partial charge in [-0.2, -0.15) is 10.1 Å². The van der Waals surface area contributed by atoms with E-state index in [1.165, 1.54) is 0 Å². The van der Waals surface area contributed by atoms with Crippen LogP contribution in [0.3, 0.4) is 0 Å². The summed E-state index contributed by atoms with van der Waals surface area (Å²) in [4.78, 5) is 22.5. The van der Waals surface area contributed by atoms with E-state index in [0.29, 0.717) is 24.8 Å². The van der Waals surface area contributed by atoms with Gasteiger partial charge in [0, 0.05) is 56.5 Å². The molecule has 8 heteroatoms. The summed E-state index contributed by atoms with van der Waals surface area (Å²) in [5, 5.41) is 7.53. The number of rotatable bonds is 5. The number of amides is 1. The predicted octanol–water partition coefficient (Wildman–Crippen LogP) is 1.16. The van der Waals surface area contributed by atoms with E-state index >= 15 is 0 Å². The number of carbonyl (C=O) groups is 1. The Kier molecular flexibility index (Phi) is 4.37. The molecule has 1 fully saturated rings. The molecule has 1 N–H and O–H groups in total. The summed E-state index contributed by atoms with van der Waals surface area (Å²) in [6, 6.07) is 1.70. The first-order chi connectivity index (χ1) is 11.5.